The lowest BCUT2D eigenvalue weighted by molar-refractivity contribution is 0.104. The van der Waals surface area contributed by atoms with Crippen LogP contribution >= 0.6 is 0 Å². The van der Waals surface area contributed by atoms with Crippen molar-refractivity contribution in [1.82, 2.24) is 0 Å². The van der Waals surface area contributed by atoms with E-state index >= 15 is 0 Å². The molecule has 38 heavy (non-hydrogen) atoms. The van der Waals surface area contributed by atoms with E-state index in [4.69, 9.17) is 4.74 Å². The molecule has 0 aliphatic rings. The number of carbonyl (C=O) groups excluding carboxylic acids is 1. The average Bonchev–Trinajstić information content (AvgIpc) is 2.94. The number of carbonyl (C=O) groups is 1. The first-order chi connectivity index (χ1) is 18.6. The van der Waals surface area contributed by atoms with Crippen LogP contribution in [0.4, 0.5) is 5.69 Å². The van der Waals surface area contributed by atoms with Gasteiger partial charge in [-0.25, -0.2) is 0 Å². The Morgan fingerprint density at radius 1 is 0.658 bits per heavy atom. The number of allylic oxidation sites excluding steroid dienone is 1. The van der Waals surface area contributed by atoms with Gasteiger partial charge in [-0.05, 0) is 54.5 Å². The quantitative estimate of drug-likeness (QED) is 0.0880. The Labute approximate surface area is 233 Å². The van der Waals surface area contributed by atoms with Crippen molar-refractivity contribution in [2.75, 3.05) is 25.6 Å². The van der Waals surface area contributed by atoms with Crippen LogP contribution in [0.25, 0.3) is 6.08 Å². The van der Waals surface area contributed by atoms with Crippen LogP contribution in [-0.2, 0) is 0 Å². The van der Waals surface area contributed by atoms with Crippen molar-refractivity contribution in [3.05, 3.63) is 65.7 Å². The van der Waals surface area contributed by atoms with E-state index in [0.29, 0.717) is 5.56 Å². The Kier molecular flexibility index (Phi) is 17.0. The number of rotatable bonds is 22. The average molecular weight is 520 g/mol. The normalized spacial score (nSPS) is 11.2. The van der Waals surface area contributed by atoms with Crippen LogP contribution in [0.1, 0.15) is 126 Å². The Balaban J connectivity index is 1.46. The maximum atomic E-state index is 12.5. The first kappa shape index (κ1) is 31.7. The maximum Gasteiger partial charge on any atom is 0.185 e. The summed E-state index contributed by atoms with van der Waals surface area (Å²) in [5, 5.41) is 0. The minimum absolute atomic E-state index is 0.00559. The Bertz CT molecular complexity index is 883. The zero-order chi connectivity index (χ0) is 27.3. The van der Waals surface area contributed by atoms with Gasteiger partial charge in [-0.3, -0.25) is 4.79 Å². The van der Waals surface area contributed by atoms with Gasteiger partial charge in [-0.1, -0.05) is 121 Å². The lowest BCUT2D eigenvalue weighted by Crippen LogP contribution is -2.07. The summed E-state index contributed by atoms with van der Waals surface area (Å²) in [6.07, 6.45) is 25.5. The summed E-state index contributed by atoms with van der Waals surface area (Å²) in [7, 11) is 4.03. The van der Waals surface area contributed by atoms with E-state index in [-0.39, 0.29) is 5.78 Å². The van der Waals surface area contributed by atoms with Crippen molar-refractivity contribution in [2.45, 2.75) is 110 Å². The number of benzene rings is 2. The van der Waals surface area contributed by atoms with Gasteiger partial charge in [0, 0.05) is 25.3 Å². The molecule has 0 saturated heterocycles. The number of ketones is 1. The standard InChI is InChI=1S/C35H53NO2/c1-4-5-6-7-8-9-10-11-12-13-14-15-16-17-18-19-30-38-34-27-23-32(24-28-34)35(37)29-22-31-20-25-33(26-21-31)36(2)3/h20-29H,4-19,30H2,1-3H3. The van der Waals surface area contributed by atoms with Crippen LogP contribution in [0, 0.1) is 0 Å². The van der Waals surface area contributed by atoms with Gasteiger partial charge in [0.2, 0.25) is 0 Å². The Hall–Kier alpha value is -2.55. The first-order valence-electron chi connectivity index (χ1n) is 15.3. The zero-order valence-corrected chi connectivity index (χ0v) is 24.6. The number of unbranched alkanes of at least 4 members (excludes halogenated alkanes) is 15. The number of nitrogens with zero attached hydrogens (tertiary/aromatic N) is 1. The highest BCUT2D eigenvalue weighted by Gasteiger charge is 2.03. The second-order valence-corrected chi connectivity index (χ2v) is 10.9. The van der Waals surface area contributed by atoms with Gasteiger partial charge in [-0.15, -0.1) is 0 Å². The van der Waals surface area contributed by atoms with Crippen molar-refractivity contribution in [1.29, 1.82) is 0 Å². The van der Waals surface area contributed by atoms with Gasteiger partial charge in [0.1, 0.15) is 5.75 Å². The van der Waals surface area contributed by atoms with E-state index in [0.717, 1.165) is 30.0 Å². The Morgan fingerprint density at radius 3 is 1.61 bits per heavy atom. The van der Waals surface area contributed by atoms with Gasteiger partial charge in [-0.2, -0.15) is 0 Å². The van der Waals surface area contributed by atoms with Gasteiger partial charge in [0.25, 0.3) is 0 Å². The summed E-state index contributed by atoms with van der Waals surface area (Å²) in [6, 6.07) is 15.7. The molecule has 0 N–H and O–H groups in total. The molecule has 0 atom stereocenters. The van der Waals surface area contributed by atoms with Gasteiger partial charge < -0.3 is 9.64 Å². The molecule has 3 nitrogen and oxygen atoms in total. The van der Waals surface area contributed by atoms with Gasteiger partial charge >= 0.3 is 0 Å². The Morgan fingerprint density at radius 2 is 1.13 bits per heavy atom. The van der Waals surface area contributed by atoms with Crippen LogP contribution < -0.4 is 9.64 Å². The molecule has 0 fully saturated rings. The number of hydrogen-bond acceptors (Lipinski definition) is 3. The predicted molar refractivity (Wildman–Crippen MR) is 166 cm³/mol. The van der Waals surface area contributed by atoms with Crippen molar-refractivity contribution in [3.63, 3.8) is 0 Å². The molecule has 3 heteroatoms. The largest absolute Gasteiger partial charge is 0.494 e. The van der Waals surface area contributed by atoms with E-state index in [1.165, 1.54) is 96.3 Å². The van der Waals surface area contributed by atoms with Gasteiger partial charge in [0.15, 0.2) is 5.78 Å². The summed E-state index contributed by atoms with van der Waals surface area (Å²) < 4.78 is 5.89. The molecule has 0 heterocycles. The molecule has 2 rings (SSSR count). The fourth-order valence-corrected chi connectivity index (χ4v) is 4.71. The summed E-state index contributed by atoms with van der Waals surface area (Å²) in [5.41, 5.74) is 2.84. The minimum Gasteiger partial charge on any atom is -0.494 e. The van der Waals surface area contributed by atoms with Crippen molar-refractivity contribution >= 4 is 17.5 Å². The molecule has 0 aromatic heterocycles. The highest BCUT2D eigenvalue weighted by molar-refractivity contribution is 6.06. The van der Waals surface area contributed by atoms with Crippen LogP contribution in [0.15, 0.2) is 54.6 Å². The maximum absolute atomic E-state index is 12.5. The highest BCUT2D eigenvalue weighted by atomic mass is 16.5. The zero-order valence-electron chi connectivity index (χ0n) is 24.6. The fourth-order valence-electron chi connectivity index (χ4n) is 4.71. The summed E-state index contributed by atoms with van der Waals surface area (Å²) in [5.74, 6) is 0.844. The molecule has 0 saturated carbocycles. The molecule has 2 aromatic rings. The third kappa shape index (κ3) is 14.4. The van der Waals surface area contributed by atoms with E-state index < -0.39 is 0 Å². The molecular formula is C35H53NO2. The lowest BCUT2D eigenvalue weighted by atomic mass is 10.0. The summed E-state index contributed by atoms with van der Waals surface area (Å²) >= 11 is 0. The molecule has 2 aromatic carbocycles. The second-order valence-electron chi connectivity index (χ2n) is 10.9. The van der Waals surface area contributed by atoms with Crippen molar-refractivity contribution in [2.24, 2.45) is 0 Å². The fraction of sp³-hybridized carbons (Fsp3) is 0.571. The van der Waals surface area contributed by atoms with Crippen LogP contribution in [-0.4, -0.2) is 26.5 Å². The highest BCUT2D eigenvalue weighted by Crippen LogP contribution is 2.17. The molecule has 0 bridgehead atoms. The van der Waals surface area contributed by atoms with E-state index in [1.807, 2.05) is 56.6 Å². The molecular weight excluding hydrogens is 466 g/mol. The van der Waals surface area contributed by atoms with Crippen molar-refractivity contribution < 1.29 is 9.53 Å². The van der Waals surface area contributed by atoms with Crippen LogP contribution in [0.5, 0.6) is 5.75 Å². The third-order valence-electron chi connectivity index (χ3n) is 7.24. The molecule has 0 aliphatic heterocycles. The second kappa shape index (κ2) is 20.4. The monoisotopic (exact) mass is 519 g/mol. The summed E-state index contributed by atoms with van der Waals surface area (Å²) in [6.45, 7) is 3.03. The molecule has 0 unspecified atom stereocenters. The van der Waals surface area contributed by atoms with Crippen LogP contribution in [0.2, 0.25) is 0 Å². The molecule has 0 aliphatic carbocycles. The molecule has 0 amide bonds. The first-order valence-corrected chi connectivity index (χ1v) is 15.3. The van der Waals surface area contributed by atoms with Crippen LogP contribution in [0.3, 0.4) is 0 Å². The third-order valence-corrected chi connectivity index (χ3v) is 7.24. The van der Waals surface area contributed by atoms with Gasteiger partial charge in [0.05, 0.1) is 6.61 Å². The topological polar surface area (TPSA) is 29.5 Å². The summed E-state index contributed by atoms with van der Waals surface area (Å²) in [4.78, 5) is 14.6. The molecule has 210 valence electrons. The lowest BCUT2D eigenvalue weighted by Gasteiger charge is -2.11. The molecule has 0 radical (unpaired) electrons. The van der Waals surface area contributed by atoms with Crippen molar-refractivity contribution in [3.8, 4) is 5.75 Å². The van der Waals surface area contributed by atoms with E-state index in [2.05, 4.69) is 24.0 Å². The smallest absolute Gasteiger partial charge is 0.185 e. The van der Waals surface area contributed by atoms with E-state index in [1.54, 1.807) is 6.08 Å². The number of ether oxygens (including phenoxy) is 1. The minimum atomic E-state index is 0.00559. The SMILES string of the molecule is CCCCCCCCCCCCCCCCCCOc1ccc(C(=O)C=Cc2ccc(N(C)C)cc2)cc1. The molecule has 0 spiro atoms. The number of anilines is 1. The predicted octanol–water partition coefficient (Wildman–Crippen LogP) is 10.3. The number of hydrogen-bond donors (Lipinski definition) is 0. The van der Waals surface area contributed by atoms with E-state index in [9.17, 15) is 4.79 Å².